The summed E-state index contributed by atoms with van der Waals surface area (Å²) in [4.78, 5) is 12.4. The monoisotopic (exact) mass is 394 g/mol. The molecule has 0 aliphatic carbocycles. The summed E-state index contributed by atoms with van der Waals surface area (Å²) < 4.78 is 11.0. The molecule has 0 amide bonds. The number of ether oxygens (including phenoxy) is 2. The van der Waals surface area contributed by atoms with Crippen molar-refractivity contribution in [3.05, 3.63) is 107 Å². The number of carbonyl (C=O) groups is 1. The predicted molar refractivity (Wildman–Crippen MR) is 122 cm³/mol. The molecule has 0 bridgehead atoms. The largest absolute Gasteiger partial charge is 0.493 e. The Labute approximate surface area is 176 Å². The van der Waals surface area contributed by atoms with Gasteiger partial charge in [-0.3, -0.25) is 0 Å². The number of hydrogen-bond donors (Lipinski definition) is 0. The fourth-order valence-electron chi connectivity index (χ4n) is 3.30. The minimum absolute atomic E-state index is 0.394. The summed E-state index contributed by atoms with van der Waals surface area (Å²) in [7, 11) is 1.57. The van der Waals surface area contributed by atoms with Gasteiger partial charge in [0.25, 0.3) is 0 Å². The molecular weight excluding hydrogens is 372 g/mol. The third-order valence-electron chi connectivity index (χ3n) is 4.96. The zero-order chi connectivity index (χ0) is 20.9. The molecule has 0 saturated heterocycles. The normalized spacial score (nSPS) is 11.0. The Balaban J connectivity index is 1.56. The second-order valence-electron chi connectivity index (χ2n) is 7.07. The van der Waals surface area contributed by atoms with Gasteiger partial charge in [-0.1, -0.05) is 78.4 Å². The van der Waals surface area contributed by atoms with Gasteiger partial charge in [0.2, 0.25) is 0 Å². The lowest BCUT2D eigenvalue weighted by molar-refractivity contribution is 0.0729. The quantitative estimate of drug-likeness (QED) is 0.219. The van der Waals surface area contributed by atoms with Crippen molar-refractivity contribution in [1.29, 1.82) is 0 Å². The molecule has 3 heteroatoms. The summed E-state index contributed by atoms with van der Waals surface area (Å²) in [6.45, 7) is 1.97. The van der Waals surface area contributed by atoms with E-state index in [1.54, 1.807) is 25.3 Å². The lowest BCUT2D eigenvalue weighted by Crippen LogP contribution is -2.09. The average Bonchev–Trinajstić information content (AvgIpc) is 2.78. The minimum atomic E-state index is -0.410. The molecule has 0 atom stereocenters. The zero-order valence-corrected chi connectivity index (χ0v) is 17.0. The highest BCUT2D eigenvalue weighted by Crippen LogP contribution is 2.30. The van der Waals surface area contributed by atoms with Crippen LogP contribution in [-0.2, 0) is 0 Å². The number of esters is 1. The van der Waals surface area contributed by atoms with Crippen LogP contribution in [0, 0.1) is 6.92 Å². The van der Waals surface area contributed by atoms with Gasteiger partial charge in [-0.2, -0.15) is 0 Å². The first-order valence-corrected chi connectivity index (χ1v) is 9.77. The van der Waals surface area contributed by atoms with Crippen molar-refractivity contribution in [1.82, 2.24) is 0 Å². The van der Waals surface area contributed by atoms with Crippen LogP contribution in [-0.4, -0.2) is 13.1 Å². The standard InChI is InChI=1S/C27H22O3/c1-19-10-14-23(15-11-19)27(28)30-25-17-13-20(18-26(25)29-2)12-16-22-8-5-7-21-6-3-4-9-24(21)22/h3-18H,1-2H3. The maximum Gasteiger partial charge on any atom is 0.343 e. The Kier molecular flexibility index (Phi) is 5.62. The lowest BCUT2D eigenvalue weighted by atomic mass is 10.0. The summed E-state index contributed by atoms with van der Waals surface area (Å²) in [6.07, 6.45) is 4.10. The first kappa shape index (κ1) is 19.5. The van der Waals surface area contributed by atoms with E-state index in [2.05, 4.69) is 36.4 Å². The Hall–Kier alpha value is -3.85. The SMILES string of the molecule is COc1cc(C=Cc2cccc3ccccc23)ccc1OC(=O)c1ccc(C)cc1. The molecule has 0 fully saturated rings. The molecule has 0 N–H and O–H groups in total. The maximum absolute atomic E-state index is 12.4. The van der Waals surface area contributed by atoms with Crippen LogP contribution in [0.3, 0.4) is 0 Å². The van der Waals surface area contributed by atoms with Crippen molar-refractivity contribution in [3.8, 4) is 11.5 Å². The highest BCUT2D eigenvalue weighted by atomic mass is 16.6. The van der Waals surface area contributed by atoms with Crippen LogP contribution < -0.4 is 9.47 Å². The number of rotatable bonds is 5. The van der Waals surface area contributed by atoms with Crippen molar-refractivity contribution in [2.45, 2.75) is 6.92 Å². The topological polar surface area (TPSA) is 35.5 Å². The highest BCUT2D eigenvalue weighted by Gasteiger charge is 2.12. The number of benzene rings is 4. The van der Waals surface area contributed by atoms with E-state index in [1.807, 2.05) is 49.4 Å². The highest BCUT2D eigenvalue weighted by molar-refractivity contribution is 5.93. The van der Waals surface area contributed by atoms with Crippen LogP contribution in [0.4, 0.5) is 0 Å². The van der Waals surface area contributed by atoms with Crippen LogP contribution in [0.25, 0.3) is 22.9 Å². The molecule has 0 unspecified atom stereocenters. The van der Waals surface area contributed by atoms with Crippen molar-refractivity contribution in [2.75, 3.05) is 7.11 Å². The van der Waals surface area contributed by atoms with E-state index in [0.717, 1.165) is 16.7 Å². The molecule has 0 radical (unpaired) electrons. The summed E-state index contributed by atoms with van der Waals surface area (Å²) in [5.41, 5.74) is 3.69. The molecule has 0 spiro atoms. The Bertz CT molecular complexity index is 1220. The van der Waals surface area contributed by atoms with E-state index in [1.165, 1.54) is 10.8 Å². The first-order valence-electron chi connectivity index (χ1n) is 9.77. The van der Waals surface area contributed by atoms with Gasteiger partial charge in [-0.15, -0.1) is 0 Å². The van der Waals surface area contributed by atoms with E-state index in [-0.39, 0.29) is 0 Å². The number of carbonyl (C=O) groups excluding carboxylic acids is 1. The van der Waals surface area contributed by atoms with Gasteiger partial charge in [0, 0.05) is 0 Å². The predicted octanol–water partition coefficient (Wildman–Crippen LogP) is 6.55. The number of hydrogen-bond acceptors (Lipinski definition) is 3. The minimum Gasteiger partial charge on any atom is -0.493 e. The second-order valence-corrected chi connectivity index (χ2v) is 7.07. The van der Waals surface area contributed by atoms with E-state index < -0.39 is 5.97 Å². The molecular formula is C27H22O3. The number of methoxy groups -OCH3 is 1. The van der Waals surface area contributed by atoms with Gasteiger partial charge in [0.1, 0.15) is 0 Å². The van der Waals surface area contributed by atoms with Gasteiger partial charge in [-0.05, 0) is 53.1 Å². The van der Waals surface area contributed by atoms with Crippen molar-refractivity contribution >= 4 is 28.9 Å². The summed E-state index contributed by atoms with van der Waals surface area (Å²) in [5, 5.41) is 2.41. The molecule has 4 aromatic carbocycles. The molecule has 30 heavy (non-hydrogen) atoms. The summed E-state index contributed by atoms with van der Waals surface area (Å²) >= 11 is 0. The van der Waals surface area contributed by atoms with E-state index >= 15 is 0 Å². The van der Waals surface area contributed by atoms with Crippen molar-refractivity contribution in [3.63, 3.8) is 0 Å². The number of aryl methyl sites for hydroxylation is 1. The zero-order valence-electron chi connectivity index (χ0n) is 17.0. The fourth-order valence-corrected chi connectivity index (χ4v) is 3.30. The smallest absolute Gasteiger partial charge is 0.343 e. The third-order valence-corrected chi connectivity index (χ3v) is 4.96. The van der Waals surface area contributed by atoms with Gasteiger partial charge in [-0.25, -0.2) is 4.79 Å². The molecule has 4 aromatic rings. The molecule has 4 rings (SSSR count). The van der Waals surface area contributed by atoms with E-state index in [9.17, 15) is 4.79 Å². The Morgan fingerprint density at radius 2 is 1.57 bits per heavy atom. The molecule has 148 valence electrons. The van der Waals surface area contributed by atoms with Gasteiger partial charge in [0.15, 0.2) is 11.5 Å². The van der Waals surface area contributed by atoms with Crippen LogP contribution in [0.15, 0.2) is 84.9 Å². The summed E-state index contributed by atoms with van der Waals surface area (Å²) in [6, 6.07) is 27.3. The number of fused-ring (bicyclic) bond motifs is 1. The average molecular weight is 394 g/mol. The van der Waals surface area contributed by atoms with Crippen LogP contribution in [0.2, 0.25) is 0 Å². The molecule has 0 aromatic heterocycles. The Morgan fingerprint density at radius 1 is 0.800 bits per heavy atom. The Morgan fingerprint density at radius 3 is 2.37 bits per heavy atom. The van der Waals surface area contributed by atoms with Crippen LogP contribution in [0.5, 0.6) is 11.5 Å². The van der Waals surface area contributed by atoms with Crippen LogP contribution >= 0.6 is 0 Å². The van der Waals surface area contributed by atoms with E-state index in [0.29, 0.717) is 17.1 Å². The van der Waals surface area contributed by atoms with Gasteiger partial charge < -0.3 is 9.47 Å². The van der Waals surface area contributed by atoms with Crippen molar-refractivity contribution < 1.29 is 14.3 Å². The lowest BCUT2D eigenvalue weighted by Gasteiger charge is -2.10. The maximum atomic E-state index is 12.4. The molecule has 0 heterocycles. The molecule has 0 aliphatic heterocycles. The second kappa shape index (κ2) is 8.66. The first-order chi connectivity index (χ1) is 14.6. The van der Waals surface area contributed by atoms with Gasteiger partial charge in [0.05, 0.1) is 12.7 Å². The fraction of sp³-hybridized carbons (Fsp3) is 0.0741. The molecule has 0 saturated carbocycles. The third kappa shape index (κ3) is 4.26. The van der Waals surface area contributed by atoms with E-state index in [4.69, 9.17) is 9.47 Å². The summed E-state index contributed by atoms with van der Waals surface area (Å²) in [5.74, 6) is 0.494. The molecule has 0 aliphatic rings. The van der Waals surface area contributed by atoms with Gasteiger partial charge >= 0.3 is 5.97 Å². The van der Waals surface area contributed by atoms with Crippen molar-refractivity contribution in [2.24, 2.45) is 0 Å². The van der Waals surface area contributed by atoms with Crippen LogP contribution in [0.1, 0.15) is 27.0 Å². The molecule has 3 nitrogen and oxygen atoms in total.